The monoisotopic (exact) mass is 217 g/mol. The van der Waals surface area contributed by atoms with Gasteiger partial charge in [-0.05, 0) is 24.6 Å². The zero-order chi connectivity index (χ0) is 11.8. The highest BCUT2D eigenvalue weighted by Gasteiger charge is 2.19. The Kier molecular flexibility index (Phi) is 2.76. The lowest BCUT2D eigenvalue weighted by Gasteiger charge is -2.13. The highest BCUT2D eigenvalue weighted by Crippen LogP contribution is 2.30. The van der Waals surface area contributed by atoms with Crippen LogP contribution in [0, 0.1) is 0 Å². The van der Waals surface area contributed by atoms with E-state index in [9.17, 15) is 0 Å². The van der Waals surface area contributed by atoms with Gasteiger partial charge in [-0.1, -0.05) is 39.0 Å². The molecule has 1 aromatic carbocycles. The van der Waals surface area contributed by atoms with Crippen molar-refractivity contribution in [1.82, 2.24) is 0 Å². The Morgan fingerprint density at radius 1 is 1.25 bits per heavy atom. The summed E-state index contributed by atoms with van der Waals surface area (Å²) in [4.78, 5) is 0. The molecule has 86 valence electrons. The Morgan fingerprint density at radius 2 is 2.00 bits per heavy atom. The van der Waals surface area contributed by atoms with E-state index in [1.807, 2.05) is 0 Å². The van der Waals surface area contributed by atoms with Crippen molar-refractivity contribution >= 4 is 11.0 Å². The fourth-order valence-electron chi connectivity index (χ4n) is 1.85. The molecule has 2 nitrogen and oxygen atoms in total. The van der Waals surface area contributed by atoms with Crippen molar-refractivity contribution in [1.29, 1.82) is 0 Å². The van der Waals surface area contributed by atoms with Crippen LogP contribution in [0.5, 0.6) is 0 Å². The van der Waals surface area contributed by atoms with Crippen LogP contribution < -0.4 is 5.73 Å². The maximum absolute atomic E-state index is 5.96. The van der Waals surface area contributed by atoms with Crippen molar-refractivity contribution in [3.05, 3.63) is 35.6 Å². The van der Waals surface area contributed by atoms with Gasteiger partial charge in [-0.15, -0.1) is 0 Å². The molecular formula is C14H19NO. The molecule has 0 aliphatic carbocycles. The van der Waals surface area contributed by atoms with Crippen LogP contribution in [0.4, 0.5) is 0 Å². The molecule has 0 saturated carbocycles. The average molecular weight is 217 g/mol. The van der Waals surface area contributed by atoms with Crippen LogP contribution in [-0.2, 0) is 11.8 Å². The second-order valence-electron chi connectivity index (χ2n) is 5.23. The molecule has 0 saturated heterocycles. The van der Waals surface area contributed by atoms with Gasteiger partial charge in [0.15, 0.2) is 0 Å². The van der Waals surface area contributed by atoms with Crippen molar-refractivity contribution in [2.75, 3.05) is 6.54 Å². The van der Waals surface area contributed by atoms with E-state index in [1.165, 1.54) is 10.9 Å². The van der Waals surface area contributed by atoms with Crippen LogP contribution in [0.25, 0.3) is 11.0 Å². The summed E-state index contributed by atoms with van der Waals surface area (Å²) in [6.45, 7) is 7.14. The van der Waals surface area contributed by atoms with Gasteiger partial charge in [0.05, 0.1) is 0 Å². The number of benzene rings is 1. The van der Waals surface area contributed by atoms with Crippen LogP contribution in [0.1, 0.15) is 32.1 Å². The fourth-order valence-corrected chi connectivity index (χ4v) is 1.85. The summed E-state index contributed by atoms with van der Waals surface area (Å²) >= 11 is 0. The van der Waals surface area contributed by atoms with Gasteiger partial charge in [-0.2, -0.15) is 0 Å². The maximum atomic E-state index is 5.96. The third-order valence-corrected chi connectivity index (χ3v) is 2.78. The average Bonchev–Trinajstić information content (AvgIpc) is 2.62. The molecule has 16 heavy (non-hydrogen) atoms. The molecule has 0 radical (unpaired) electrons. The number of nitrogens with two attached hydrogens (primary N) is 1. The van der Waals surface area contributed by atoms with Gasteiger partial charge in [-0.25, -0.2) is 0 Å². The summed E-state index contributed by atoms with van der Waals surface area (Å²) in [5.74, 6) is 1.03. The topological polar surface area (TPSA) is 39.2 Å². The van der Waals surface area contributed by atoms with Crippen molar-refractivity contribution in [2.24, 2.45) is 5.73 Å². The van der Waals surface area contributed by atoms with E-state index in [0.717, 1.165) is 17.8 Å². The molecule has 0 unspecified atom stereocenters. The minimum atomic E-state index is 0.0546. The summed E-state index contributed by atoms with van der Waals surface area (Å²) in [6.07, 6.45) is 0.869. The first kappa shape index (κ1) is 11.2. The van der Waals surface area contributed by atoms with Crippen molar-refractivity contribution in [2.45, 2.75) is 32.6 Å². The van der Waals surface area contributed by atoms with E-state index in [4.69, 9.17) is 10.2 Å². The van der Waals surface area contributed by atoms with E-state index in [2.05, 4.69) is 45.0 Å². The van der Waals surface area contributed by atoms with Crippen molar-refractivity contribution in [3.8, 4) is 0 Å². The number of rotatable bonds is 2. The predicted octanol–water partition coefficient (Wildman–Crippen LogP) is 3.23. The Labute approximate surface area is 96.4 Å². The smallest absolute Gasteiger partial charge is 0.137 e. The largest absolute Gasteiger partial charge is 0.460 e. The van der Waals surface area contributed by atoms with E-state index < -0.39 is 0 Å². The highest BCUT2D eigenvalue weighted by molar-refractivity contribution is 5.81. The minimum Gasteiger partial charge on any atom is -0.460 e. The Hall–Kier alpha value is -1.28. The van der Waals surface area contributed by atoms with Gasteiger partial charge in [0, 0.05) is 10.8 Å². The summed E-state index contributed by atoms with van der Waals surface area (Å²) in [5, 5.41) is 1.18. The second kappa shape index (κ2) is 3.95. The standard InChI is InChI=1S/C14H19NO/c1-14(2,3)12-9-11-6-4-5-10(7-8-15)13(11)16-12/h4-6,9H,7-8,15H2,1-3H3. The van der Waals surface area contributed by atoms with Crippen molar-refractivity contribution < 1.29 is 4.42 Å². The van der Waals surface area contributed by atoms with Gasteiger partial charge >= 0.3 is 0 Å². The summed E-state index contributed by atoms with van der Waals surface area (Å²) in [6, 6.07) is 8.38. The summed E-state index contributed by atoms with van der Waals surface area (Å²) in [7, 11) is 0. The van der Waals surface area contributed by atoms with E-state index >= 15 is 0 Å². The fraction of sp³-hybridized carbons (Fsp3) is 0.429. The molecule has 0 aliphatic rings. The first-order valence-electron chi connectivity index (χ1n) is 5.74. The zero-order valence-electron chi connectivity index (χ0n) is 10.2. The molecule has 1 heterocycles. The molecule has 0 fully saturated rings. The lowest BCUT2D eigenvalue weighted by molar-refractivity contribution is 0.429. The van der Waals surface area contributed by atoms with E-state index in [0.29, 0.717) is 6.54 Å². The van der Waals surface area contributed by atoms with Crippen molar-refractivity contribution in [3.63, 3.8) is 0 Å². The quantitative estimate of drug-likeness (QED) is 0.838. The molecule has 2 aromatic rings. The van der Waals surface area contributed by atoms with E-state index in [1.54, 1.807) is 0 Å². The molecule has 0 bridgehead atoms. The molecule has 1 aromatic heterocycles. The number of hydrogen-bond acceptors (Lipinski definition) is 2. The highest BCUT2D eigenvalue weighted by atomic mass is 16.3. The maximum Gasteiger partial charge on any atom is 0.137 e. The molecule has 0 spiro atoms. The van der Waals surface area contributed by atoms with Gasteiger partial charge in [-0.3, -0.25) is 0 Å². The SMILES string of the molecule is CC(C)(C)c1cc2cccc(CCN)c2o1. The Balaban J connectivity index is 2.57. The summed E-state index contributed by atoms with van der Waals surface area (Å²) in [5.41, 5.74) is 7.86. The first-order valence-corrected chi connectivity index (χ1v) is 5.74. The zero-order valence-corrected chi connectivity index (χ0v) is 10.2. The van der Waals surface area contributed by atoms with Gasteiger partial charge in [0.2, 0.25) is 0 Å². The molecule has 0 amide bonds. The number of furan rings is 1. The molecular weight excluding hydrogens is 198 g/mol. The number of fused-ring (bicyclic) bond motifs is 1. The number of para-hydroxylation sites is 1. The van der Waals surface area contributed by atoms with Gasteiger partial charge in [0.25, 0.3) is 0 Å². The van der Waals surface area contributed by atoms with Gasteiger partial charge in [0.1, 0.15) is 11.3 Å². The Bertz CT molecular complexity index is 491. The van der Waals surface area contributed by atoms with Crippen LogP contribution in [0.3, 0.4) is 0 Å². The normalized spacial score (nSPS) is 12.2. The predicted molar refractivity (Wildman–Crippen MR) is 67.7 cm³/mol. The Morgan fingerprint density at radius 3 is 2.62 bits per heavy atom. The summed E-state index contributed by atoms with van der Waals surface area (Å²) < 4.78 is 5.96. The first-order chi connectivity index (χ1) is 7.52. The minimum absolute atomic E-state index is 0.0546. The molecule has 0 atom stereocenters. The number of hydrogen-bond donors (Lipinski definition) is 1. The third kappa shape index (κ3) is 1.98. The molecule has 2 heteroatoms. The van der Waals surface area contributed by atoms with E-state index in [-0.39, 0.29) is 5.41 Å². The second-order valence-corrected chi connectivity index (χ2v) is 5.23. The lowest BCUT2D eigenvalue weighted by atomic mass is 9.93. The van der Waals surface area contributed by atoms with Crippen LogP contribution >= 0.6 is 0 Å². The molecule has 0 aliphatic heterocycles. The van der Waals surface area contributed by atoms with Crippen LogP contribution in [0.2, 0.25) is 0 Å². The lowest BCUT2D eigenvalue weighted by Crippen LogP contribution is -2.08. The molecule has 2 rings (SSSR count). The van der Waals surface area contributed by atoms with Crippen LogP contribution in [-0.4, -0.2) is 6.54 Å². The third-order valence-electron chi connectivity index (χ3n) is 2.78. The van der Waals surface area contributed by atoms with Gasteiger partial charge < -0.3 is 10.2 Å². The van der Waals surface area contributed by atoms with Crippen LogP contribution in [0.15, 0.2) is 28.7 Å². The molecule has 2 N–H and O–H groups in total.